The molecular weight excluding hydrogens is 138 g/mol. The zero-order valence-electron chi connectivity index (χ0n) is 8.19. The first-order valence-electron chi connectivity index (χ1n) is 4.10. The summed E-state index contributed by atoms with van der Waals surface area (Å²) in [6, 6.07) is 0. The molecule has 0 amide bonds. The molecule has 0 aromatic rings. The van der Waals surface area contributed by atoms with Gasteiger partial charge in [0, 0.05) is 17.9 Å². The summed E-state index contributed by atoms with van der Waals surface area (Å²) in [5.74, 6) is 0.463. The number of carbonyl (C=O) groups is 1. The van der Waals surface area contributed by atoms with Crippen LogP contribution in [0.4, 0.5) is 0 Å². The van der Waals surface area contributed by atoms with E-state index in [-0.39, 0.29) is 11.3 Å². The van der Waals surface area contributed by atoms with E-state index in [1.165, 1.54) is 0 Å². The maximum absolute atomic E-state index is 11.5. The van der Waals surface area contributed by atoms with Gasteiger partial charge in [-0.1, -0.05) is 27.7 Å². The zero-order chi connectivity index (χ0) is 9.07. The molecular formula is C9H19NO. The predicted octanol–water partition coefficient (Wildman–Crippen LogP) is 1.46. The summed E-state index contributed by atoms with van der Waals surface area (Å²) in [5.41, 5.74) is -0.219. The second-order valence-corrected chi connectivity index (χ2v) is 3.93. The third-order valence-electron chi connectivity index (χ3n) is 1.81. The van der Waals surface area contributed by atoms with E-state index in [1.54, 1.807) is 0 Å². The van der Waals surface area contributed by atoms with Gasteiger partial charge in [-0.25, -0.2) is 0 Å². The van der Waals surface area contributed by atoms with E-state index < -0.39 is 0 Å². The minimum Gasteiger partial charge on any atom is -0.319 e. The van der Waals surface area contributed by atoms with Crippen molar-refractivity contribution < 1.29 is 4.79 Å². The van der Waals surface area contributed by atoms with Crippen molar-refractivity contribution in [3.8, 4) is 0 Å². The van der Waals surface area contributed by atoms with Crippen molar-refractivity contribution >= 4 is 5.78 Å². The van der Waals surface area contributed by atoms with Crippen molar-refractivity contribution in [1.82, 2.24) is 5.32 Å². The van der Waals surface area contributed by atoms with Gasteiger partial charge >= 0.3 is 0 Å². The van der Waals surface area contributed by atoms with Crippen LogP contribution in [0.1, 0.15) is 27.7 Å². The molecule has 1 N–H and O–H groups in total. The Labute approximate surface area is 69.4 Å². The van der Waals surface area contributed by atoms with Crippen molar-refractivity contribution in [2.75, 3.05) is 13.6 Å². The van der Waals surface area contributed by atoms with Crippen molar-refractivity contribution in [2.24, 2.45) is 11.3 Å². The van der Waals surface area contributed by atoms with Gasteiger partial charge in [0.1, 0.15) is 5.78 Å². The molecule has 2 nitrogen and oxygen atoms in total. The summed E-state index contributed by atoms with van der Waals surface area (Å²) >= 11 is 0. The lowest BCUT2D eigenvalue weighted by molar-refractivity contribution is -0.129. The Kier molecular flexibility index (Phi) is 3.73. The molecule has 11 heavy (non-hydrogen) atoms. The van der Waals surface area contributed by atoms with Gasteiger partial charge in [-0.3, -0.25) is 4.79 Å². The van der Waals surface area contributed by atoms with E-state index in [1.807, 2.05) is 34.7 Å². The smallest absolute Gasteiger partial charge is 0.142 e. The first kappa shape index (κ1) is 10.6. The number of hydrogen-bond donors (Lipinski definition) is 1. The van der Waals surface area contributed by atoms with E-state index in [2.05, 4.69) is 5.32 Å². The molecule has 0 bridgehead atoms. The van der Waals surface area contributed by atoms with E-state index in [0.29, 0.717) is 5.78 Å². The molecule has 2 heteroatoms. The lowest BCUT2D eigenvalue weighted by Gasteiger charge is -2.24. The van der Waals surface area contributed by atoms with Crippen molar-refractivity contribution in [2.45, 2.75) is 27.7 Å². The Morgan fingerprint density at radius 3 is 2.18 bits per heavy atom. The van der Waals surface area contributed by atoms with Crippen molar-refractivity contribution in [3.63, 3.8) is 0 Å². The number of hydrogen-bond acceptors (Lipinski definition) is 2. The molecule has 0 fully saturated rings. The highest BCUT2D eigenvalue weighted by molar-refractivity contribution is 5.85. The van der Waals surface area contributed by atoms with Crippen LogP contribution in [0.5, 0.6) is 0 Å². The molecule has 0 unspecified atom stereocenters. The Morgan fingerprint density at radius 2 is 1.91 bits per heavy atom. The quantitative estimate of drug-likeness (QED) is 0.669. The summed E-state index contributed by atoms with van der Waals surface area (Å²) in [5, 5.41) is 3.02. The van der Waals surface area contributed by atoms with Crippen LogP contribution in [0.2, 0.25) is 0 Å². The second kappa shape index (κ2) is 3.86. The number of rotatable bonds is 4. The zero-order valence-corrected chi connectivity index (χ0v) is 8.19. The Bertz CT molecular complexity index is 138. The first-order chi connectivity index (χ1) is 4.91. The van der Waals surface area contributed by atoms with Gasteiger partial charge in [-0.2, -0.15) is 0 Å². The molecule has 66 valence electrons. The third-order valence-corrected chi connectivity index (χ3v) is 1.81. The van der Waals surface area contributed by atoms with Gasteiger partial charge in [0.05, 0.1) is 0 Å². The lowest BCUT2D eigenvalue weighted by atomic mass is 9.82. The normalized spacial score (nSPS) is 12.2. The van der Waals surface area contributed by atoms with Crippen molar-refractivity contribution in [3.05, 3.63) is 0 Å². The predicted molar refractivity (Wildman–Crippen MR) is 47.6 cm³/mol. The van der Waals surface area contributed by atoms with Gasteiger partial charge in [-0.05, 0) is 7.05 Å². The Balaban J connectivity index is 4.17. The first-order valence-corrected chi connectivity index (χ1v) is 4.10. The standard InChI is InChI=1S/C9H19NO/c1-7(2)8(11)9(3,4)6-10-5/h7,10H,6H2,1-5H3. The third kappa shape index (κ3) is 3.02. The van der Waals surface area contributed by atoms with Crippen LogP contribution < -0.4 is 5.32 Å². The SMILES string of the molecule is CNCC(C)(C)C(=O)C(C)C. The molecule has 0 aliphatic heterocycles. The molecule has 0 spiro atoms. The maximum Gasteiger partial charge on any atom is 0.142 e. The minimum atomic E-state index is -0.219. The maximum atomic E-state index is 11.5. The van der Waals surface area contributed by atoms with Gasteiger partial charge in [0.25, 0.3) is 0 Å². The Hall–Kier alpha value is -0.370. The number of nitrogens with one attached hydrogen (secondary N) is 1. The van der Waals surface area contributed by atoms with Gasteiger partial charge < -0.3 is 5.32 Å². The summed E-state index contributed by atoms with van der Waals surface area (Å²) in [6.45, 7) is 8.60. The number of ketones is 1. The highest BCUT2D eigenvalue weighted by Crippen LogP contribution is 2.19. The van der Waals surface area contributed by atoms with Gasteiger partial charge in [0.15, 0.2) is 0 Å². The molecule has 0 atom stereocenters. The largest absolute Gasteiger partial charge is 0.319 e. The van der Waals surface area contributed by atoms with Crippen LogP contribution >= 0.6 is 0 Å². The fourth-order valence-corrected chi connectivity index (χ4v) is 1.31. The molecule has 0 heterocycles. The molecule has 0 aromatic carbocycles. The Morgan fingerprint density at radius 1 is 1.45 bits per heavy atom. The van der Waals surface area contributed by atoms with E-state index in [9.17, 15) is 4.79 Å². The van der Waals surface area contributed by atoms with Crippen LogP contribution in [-0.2, 0) is 4.79 Å². The fourth-order valence-electron chi connectivity index (χ4n) is 1.31. The van der Waals surface area contributed by atoms with Crippen LogP contribution in [0.25, 0.3) is 0 Å². The number of carbonyl (C=O) groups excluding carboxylic acids is 1. The van der Waals surface area contributed by atoms with Gasteiger partial charge in [0.2, 0.25) is 0 Å². The highest BCUT2D eigenvalue weighted by Gasteiger charge is 2.28. The average Bonchev–Trinajstić information content (AvgIpc) is 1.86. The molecule has 0 aliphatic rings. The molecule has 0 aliphatic carbocycles. The second-order valence-electron chi connectivity index (χ2n) is 3.93. The van der Waals surface area contributed by atoms with Crippen molar-refractivity contribution in [1.29, 1.82) is 0 Å². The topological polar surface area (TPSA) is 29.1 Å². The van der Waals surface area contributed by atoms with E-state index in [0.717, 1.165) is 6.54 Å². The van der Waals surface area contributed by atoms with E-state index >= 15 is 0 Å². The molecule has 0 aromatic heterocycles. The van der Waals surface area contributed by atoms with Crippen LogP contribution in [0.3, 0.4) is 0 Å². The van der Waals surface area contributed by atoms with Crippen LogP contribution in [0.15, 0.2) is 0 Å². The minimum absolute atomic E-state index is 0.137. The van der Waals surface area contributed by atoms with Crippen LogP contribution in [-0.4, -0.2) is 19.4 Å². The monoisotopic (exact) mass is 157 g/mol. The van der Waals surface area contributed by atoms with Crippen LogP contribution in [0, 0.1) is 11.3 Å². The summed E-state index contributed by atoms with van der Waals surface area (Å²) in [7, 11) is 1.87. The summed E-state index contributed by atoms with van der Waals surface area (Å²) < 4.78 is 0. The molecule has 0 saturated heterocycles. The number of Topliss-reactive ketones (excluding diaryl/α,β-unsaturated/α-hetero) is 1. The van der Waals surface area contributed by atoms with Gasteiger partial charge in [-0.15, -0.1) is 0 Å². The molecule has 0 rings (SSSR count). The molecule has 0 saturated carbocycles. The lowest BCUT2D eigenvalue weighted by Crippen LogP contribution is -2.37. The highest BCUT2D eigenvalue weighted by atomic mass is 16.1. The van der Waals surface area contributed by atoms with E-state index in [4.69, 9.17) is 0 Å². The fraction of sp³-hybridized carbons (Fsp3) is 0.889. The molecule has 0 radical (unpaired) electrons. The average molecular weight is 157 g/mol. The summed E-state index contributed by atoms with van der Waals surface area (Å²) in [4.78, 5) is 11.5. The summed E-state index contributed by atoms with van der Waals surface area (Å²) in [6.07, 6.45) is 0.